The Labute approximate surface area is 205 Å². The molecule has 1 amide bonds. The lowest BCUT2D eigenvalue weighted by molar-refractivity contribution is -0.133. The number of benzene rings is 2. The van der Waals surface area contributed by atoms with E-state index >= 15 is 0 Å². The van der Waals surface area contributed by atoms with Crippen molar-refractivity contribution in [2.45, 2.75) is 12.8 Å². The lowest BCUT2D eigenvalue weighted by atomic mass is 9.93. The van der Waals surface area contributed by atoms with E-state index in [0.717, 1.165) is 11.1 Å². The maximum atomic E-state index is 13.3. The summed E-state index contributed by atoms with van der Waals surface area (Å²) >= 11 is 0. The first-order valence-electron chi connectivity index (χ1n) is 11.2. The van der Waals surface area contributed by atoms with Gasteiger partial charge in [0.05, 0.1) is 24.7 Å². The smallest absolute Gasteiger partial charge is 0.223 e. The average molecular weight is 467 g/mol. The molecule has 0 N–H and O–H groups in total. The predicted molar refractivity (Wildman–Crippen MR) is 134 cm³/mol. The zero-order chi connectivity index (χ0) is 25.4. The molecule has 0 saturated carbocycles. The van der Waals surface area contributed by atoms with Gasteiger partial charge in [-0.2, -0.15) is 5.26 Å². The van der Waals surface area contributed by atoms with Gasteiger partial charge >= 0.3 is 0 Å². The molecule has 0 atom stereocenters. The number of ketones is 2. The Morgan fingerprint density at radius 2 is 1.54 bits per heavy atom. The molecular formula is C28H26N4O3. The summed E-state index contributed by atoms with van der Waals surface area (Å²) in [7, 11) is 3.61. The summed E-state index contributed by atoms with van der Waals surface area (Å²) in [5.41, 5.74) is 3.45. The normalized spacial score (nSPS) is 15.8. The first-order valence-corrected chi connectivity index (χ1v) is 11.2. The third kappa shape index (κ3) is 7.07. The van der Waals surface area contributed by atoms with Crippen molar-refractivity contribution < 1.29 is 14.4 Å². The molecule has 0 radical (unpaired) electrons. The fraction of sp³-hybridized carbons (Fsp3) is 0.250. The lowest BCUT2D eigenvalue weighted by Gasteiger charge is -2.30. The van der Waals surface area contributed by atoms with E-state index in [1.807, 2.05) is 0 Å². The van der Waals surface area contributed by atoms with Crippen molar-refractivity contribution in [3.63, 3.8) is 0 Å². The molecule has 1 aliphatic heterocycles. The van der Waals surface area contributed by atoms with Gasteiger partial charge in [0.2, 0.25) is 5.91 Å². The second-order valence-electron chi connectivity index (χ2n) is 8.63. The minimum Gasteiger partial charge on any atom is -0.334 e. The number of nitrogens with zero attached hydrogens (tertiary/aromatic N) is 4. The van der Waals surface area contributed by atoms with Crippen molar-refractivity contribution in [1.29, 1.82) is 5.26 Å². The number of rotatable bonds is 7. The number of likely N-dealkylation sites (N-methyl/N-ethyl adjacent to an activating group) is 1. The van der Waals surface area contributed by atoms with Crippen LogP contribution in [0.5, 0.6) is 0 Å². The second-order valence-corrected chi connectivity index (χ2v) is 8.63. The van der Waals surface area contributed by atoms with Crippen molar-refractivity contribution in [1.82, 2.24) is 9.80 Å². The van der Waals surface area contributed by atoms with E-state index < -0.39 is 0 Å². The van der Waals surface area contributed by atoms with E-state index in [1.165, 1.54) is 0 Å². The van der Waals surface area contributed by atoms with Crippen molar-refractivity contribution >= 4 is 35.3 Å². The molecule has 0 aliphatic carbocycles. The highest BCUT2D eigenvalue weighted by Crippen LogP contribution is 2.24. The minimum absolute atomic E-state index is 0.0135. The van der Waals surface area contributed by atoms with Crippen LogP contribution in [0.3, 0.4) is 0 Å². The van der Waals surface area contributed by atoms with Crippen LogP contribution in [0.2, 0.25) is 0 Å². The van der Waals surface area contributed by atoms with Crippen molar-refractivity contribution in [3.05, 3.63) is 87.8 Å². The molecule has 0 aromatic heterocycles. The summed E-state index contributed by atoms with van der Waals surface area (Å²) in [5.74, 6) is -0.360. The van der Waals surface area contributed by atoms with Crippen LogP contribution in [0.15, 0.2) is 59.7 Å². The van der Waals surface area contributed by atoms with Gasteiger partial charge in [0.1, 0.15) is 5.78 Å². The quantitative estimate of drug-likeness (QED) is 0.456. The SMILES string of the molecule is [C-]#[N+]c1ccc(/C=C2\CN(C(=O)CCC(=O)CN(C)C)C/C(=C\c3ccc(C#N)cc3)C2=O)cc1. The van der Waals surface area contributed by atoms with Crippen LogP contribution in [0.1, 0.15) is 29.5 Å². The number of Topliss-reactive ketones (excluding diaryl/α,β-unsaturated/α-hetero) is 2. The molecule has 0 bridgehead atoms. The Kier molecular flexibility index (Phi) is 8.45. The van der Waals surface area contributed by atoms with Crippen LogP contribution >= 0.6 is 0 Å². The molecule has 2 aromatic rings. The Morgan fingerprint density at radius 3 is 2.03 bits per heavy atom. The summed E-state index contributed by atoms with van der Waals surface area (Å²) in [6.45, 7) is 7.67. The summed E-state index contributed by atoms with van der Waals surface area (Å²) < 4.78 is 0. The molecule has 7 nitrogen and oxygen atoms in total. The van der Waals surface area contributed by atoms with Crippen molar-refractivity contribution in [3.8, 4) is 6.07 Å². The van der Waals surface area contributed by atoms with E-state index in [-0.39, 0.29) is 49.9 Å². The molecule has 1 aliphatic rings. The van der Waals surface area contributed by atoms with Gasteiger partial charge in [0.15, 0.2) is 11.5 Å². The van der Waals surface area contributed by atoms with Gasteiger partial charge in [-0.15, -0.1) is 0 Å². The maximum Gasteiger partial charge on any atom is 0.223 e. The Bertz CT molecular complexity index is 1180. The topological polar surface area (TPSA) is 85.8 Å². The fourth-order valence-corrected chi connectivity index (χ4v) is 3.75. The van der Waals surface area contributed by atoms with Gasteiger partial charge in [-0.05, 0) is 49.5 Å². The zero-order valence-corrected chi connectivity index (χ0v) is 19.8. The van der Waals surface area contributed by atoms with Gasteiger partial charge in [-0.25, -0.2) is 4.85 Å². The number of carbonyl (C=O) groups is 3. The maximum absolute atomic E-state index is 13.3. The molecule has 35 heavy (non-hydrogen) atoms. The molecular weight excluding hydrogens is 440 g/mol. The lowest BCUT2D eigenvalue weighted by Crippen LogP contribution is -2.41. The number of nitriles is 1. The summed E-state index contributed by atoms with van der Waals surface area (Å²) in [5, 5.41) is 9.02. The van der Waals surface area contributed by atoms with Gasteiger partial charge in [-0.1, -0.05) is 36.4 Å². The Balaban J connectivity index is 1.88. The summed E-state index contributed by atoms with van der Waals surface area (Å²) in [6.07, 6.45) is 3.70. The number of amides is 1. The first kappa shape index (κ1) is 25.3. The van der Waals surface area contributed by atoms with E-state index in [1.54, 1.807) is 84.6 Å². The second kappa shape index (κ2) is 11.7. The number of piperidine rings is 1. The molecule has 7 heteroatoms. The van der Waals surface area contributed by atoms with E-state index in [0.29, 0.717) is 22.4 Å². The van der Waals surface area contributed by atoms with Crippen LogP contribution in [0.4, 0.5) is 5.69 Å². The molecule has 0 unspecified atom stereocenters. The fourth-order valence-electron chi connectivity index (χ4n) is 3.75. The molecule has 2 aromatic carbocycles. The average Bonchev–Trinajstić information content (AvgIpc) is 2.85. The Morgan fingerprint density at radius 1 is 1.00 bits per heavy atom. The minimum atomic E-state index is -0.190. The number of carbonyl (C=O) groups excluding carboxylic acids is 3. The monoisotopic (exact) mass is 466 g/mol. The van der Waals surface area contributed by atoms with Gasteiger partial charge in [0, 0.05) is 37.1 Å². The highest BCUT2D eigenvalue weighted by molar-refractivity contribution is 6.15. The zero-order valence-electron chi connectivity index (χ0n) is 19.8. The summed E-state index contributed by atoms with van der Waals surface area (Å²) in [4.78, 5) is 45.1. The van der Waals surface area contributed by atoms with Crippen LogP contribution < -0.4 is 0 Å². The number of hydrogen-bond acceptors (Lipinski definition) is 5. The molecule has 1 heterocycles. The molecule has 1 saturated heterocycles. The summed E-state index contributed by atoms with van der Waals surface area (Å²) in [6, 6.07) is 15.8. The molecule has 176 valence electrons. The molecule has 0 spiro atoms. The van der Waals surface area contributed by atoms with Crippen LogP contribution in [-0.2, 0) is 14.4 Å². The number of likely N-dealkylation sites (tertiary alicyclic amines) is 1. The van der Waals surface area contributed by atoms with Crippen molar-refractivity contribution in [2.75, 3.05) is 33.7 Å². The van der Waals surface area contributed by atoms with E-state index in [2.05, 4.69) is 10.9 Å². The van der Waals surface area contributed by atoms with E-state index in [9.17, 15) is 14.4 Å². The van der Waals surface area contributed by atoms with E-state index in [4.69, 9.17) is 11.8 Å². The van der Waals surface area contributed by atoms with Gasteiger partial charge in [0.25, 0.3) is 0 Å². The molecule has 3 rings (SSSR count). The van der Waals surface area contributed by atoms with Crippen LogP contribution in [0, 0.1) is 17.9 Å². The van der Waals surface area contributed by atoms with Gasteiger partial charge in [-0.3, -0.25) is 14.4 Å². The predicted octanol–water partition coefficient (Wildman–Crippen LogP) is 3.90. The van der Waals surface area contributed by atoms with Crippen molar-refractivity contribution in [2.24, 2.45) is 0 Å². The highest BCUT2D eigenvalue weighted by Gasteiger charge is 2.29. The largest absolute Gasteiger partial charge is 0.334 e. The highest BCUT2D eigenvalue weighted by atomic mass is 16.2. The van der Waals surface area contributed by atoms with Gasteiger partial charge < -0.3 is 9.80 Å². The Hall–Kier alpha value is -4.33. The standard InChI is InChI=1S/C28H26N4O3/c1-30-25-10-8-21(9-11-25)15-24-18-32(27(34)13-12-26(33)19-31(2)3)17-23(28(24)35)14-20-4-6-22(16-29)7-5-20/h4-11,14-15H,12-13,17-19H2,2-3H3/b23-14+,24-15+. The third-order valence-electron chi connectivity index (χ3n) is 5.51. The number of hydrogen-bond donors (Lipinski definition) is 0. The third-order valence-corrected chi connectivity index (χ3v) is 5.51. The molecule has 1 fully saturated rings. The van der Waals surface area contributed by atoms with Crippen LogP contribution in [-0.4, -0.2) is 61.0 Å². The first-order chi connectivity index (χ1) is 16.8. The van der Waals surface area contributed by atoms with Crippen LogP contribution in [0.25, 0.3) is 17.0 Å².